The maximum atomic E-state index is 12.6. The molecule has 0 bridgehead atoms. The first kappa shape index (κ1) is 15.9. The van der Waals surface area contributed by atoms with Crippen molar-refractivity contribution in [1.29, 1.82) is 0 Å². The van der Waals surface area contributed by atoms with Crippen LogP contribution in [0.15, 0.2) is 22.3 Å². The van der Waals surface area contributed by atoms with Crippen LogP contribution in [0, 0.1) is 18.3 Å². The van der Waals surface area contributed by atoms with Crippen molar-refractivity contribution in [3.05, 3.63) is 34.8 Å². The Balaban J connectivity index is 1.83. The summed E-state index contributed by atoms with van der Waals surface area (Å²) in [6, 6.07) is 0. The van der Waals surface area contributed by atoms with E-state index < -0.39 is 0 Å². The van der Waals surface area contributed by atoms with Gasteiger partial charge in [-0.3, -0.25) is 0 Å². The number of ether oxygens (including phenoxy) is 2. The van der Waals surface area contributed by atoms with Crippen LogP contribution in [0.3, 0.4) is 0 Å². The Morgan fingerprint density at radius 2 is 2.17 bits per heavy atom. The van der Waals surface area contributed by atoms with Crippen molar-refractivity contribution >= 4 is 5.97 Å². The molecule has 5 atom stereocenters. The Labute approximate surface area is 143 Å². The predicted molar refractivity (Wildman–Crippen MR) is 89.5 cm³/mol. The quantitative estimate of drug-likeness (QED) is 0.462. The highest BCUT2D eigenvalue weighted by molar-refractivity contribution is 5.88. The lowest BCUT2D eigenvalue weighted by Crippen LogP contribution is -2.54. The molecule has 0 amide bonds. The number of fused-ring (bicyclic) bond motifs is 1. The summed E-state index contributed by atoms with van der Waals surface area (Å²) in [7, 11) is 0. The molecule has 4 rings (SSSR count). The first-order chi connectivity index (χ1) is 11.3. The Morgan fingerprint density at radius 1 is 1.42 bits per heavy atom. The molecule has 4 heteroatoms. The topological polar surface area (TPSA) is 52.0 Å². The maximum Gasteiger partial charge on any atom is 0.334 e. The Kier molecular flexibility index (Phi) is 3.31. The summed E-state index contributed by atoms with van der Waals surface area (Å²) in [6.45, 7) is 10.2. The summed E-state index contributed by atoms with van der Waals surface area (Å²) >= 11 is 0. The number of hydrogen-bond acceptors (Lipinski definition) is 4. The van der Waals surface area contributed by atoms with Crippen LogP contribution in [0.4, 0.5) is 0 Å². The van der Waals surface area contributed by atoms with E-state index in [0.29, 0.717) is 11.5 Å². The van der Waals surface area contributed by atoms with Crippen molar-refractivity contribution in [2.45, 2.75) is 71.7 Å². The molecule has 2 heterocycles. The third-order valence-electron chi connectivity index (χ3n) is 6.93. The lowest BCUT2D eigenvalue weighted by atomic mass is 9.53. The monoisotopic (exact) mass is 330 g/mol. The zero-order valence-corrected chi connectivity index (χ0v) is 15.1. The molecule has 0 aromatic carbocycles. The molecule has 4 nitrogen and oxygen atoms in total. The number of allylic oxidation sites excluding steroid dienone is 1. The van der Waals surface area contributed by atoms with Crippen molar-refractivity contribution in [2.75, 3.05) is 0 Å². The lowest BCUT2D eigenvalue weighted by Gasteiger charge is -2.50. The van der Waals surface area contributed by atoms with Crippen LogP contribution in [0.25, 0.3) is 0 Å². The minimum Gasteiger partial charge on any atom is -0.469 e. The Bertz CT molecular complexity index is 730. The fraction of sp³-hybridized carbons (Fsp3) is 0.650. The van der Waals surface area contributed by atoms with Gasteiger partial charge in [0, 0.05) is 23.0 Å². The molecule has 1 spiro atoms. The first-order valence-corrected chi connectivity index (χ1v) is 8.93. The van der Waals surface area contributed by atoms with Gasteiger partial charge in [0.25, 0.3) is 0 Å². The van der Waals surface area contributed by atoms with E-state index in [1.807, 2.05) is 13.8 Å². The van der Waals surface area contributed by atoms with E-state index in [-0.39, 0.29) is 29.2 Å². The fourth-order valence-electron chi connectivity index (χ4n) is 4.96. The van der Waals surface area contributed by atoms with Gasteiger partial charge in [0.15, 0.2) is 0 Å². The third-order valence-corrected chi connectivity index (χ3v) is 6.93. The van der Waals surface area contributed by atoms with Gasteiger partial charge in [0.05, 0.1) is 12.4 Å². The van der Waals surface area contributed by atoms with Crippen molar-refractivity contribution < 1.29 is 18.7 Å². The summed E-state index contributed by atoms with van der Waals surface area (Å²) in [4.78, 5) is 12.6. The number of epoxide rings is 1. The predicted octanol–water partition coefficient (Wildman–Crippen LogP) is 4.27. The van der Waals surface area contributed by atoms with E-state index in [1.165, 1.54) is 0 Å². The van der Waals surface area contributed by atoms with Gasteiger partial charge in [-0.25, -0.2) is 4.79 Å². The van der Waals surface area contributed by atoms with Gasteiger partial charge in [0.2, 0.25) is 0 Å². The molecule has 0 unspecified atom stereocenters. The standard InChI is InChI=1S/C20H26O4/c1-6-11(2)18(21)23-17-16-12(3)10-22-14(16)9-20-15(24-20)8-7-13(4)19(17,20)5/h6,10,13,15,17H,7-9H2,1-5H3/b11-6-/t13-,15+,17+,19-,20+/m0/s1. The minimum atomic E-state index is -0.317. The molecule has 24 heavy (non-hydrogen) atoms. The summed E-state index contributed by atoms with van der Waals surface area (Å²) in [5, 5.41) is 0. The van der Waals surface area contributed by atoms with Crippen molar-refractivity contribution in [2.24, 2.45) is 11.3 Å². The van der Waals surface area contributed by atoms with E-state index in [4.69, 9.17) is 13.9 Å². The summed E-state index contributed by atoms with van der Waals surface area (Å²) in [5.74, 6) is 1.10. The van der Waals surface area contributed by atoms with Gasteiger partial charge in [-0.1, -0.05) is 19.9 Å². The number of hydrogen-bond donors (Lipinski definition) is 0. The van der Waals surface area contributed by atoms with Gasteiger partial charge >= 0.3 is 5.97 Å². The van der Waals surface area contributed by atoms with Gasteiger partial charge in [-0.15, -0.1) is 0 Å². The number of furan rings is 1. The molecule has 0 N–H and O–H groups in total. The number of rotatable bonds is 2. The van der Waals surface area contributed by atoms with Crippen LogP contribution in [0.1, 0.15) is 63.5 Å². The molecule has 0 radical (unpaired) electrons. The molecular formula is C20H26O4. The Hall–Kier alpha value is -1.55. The van der Waals surface area contributed by atoms with E-state index in [1.54, 1.807) is 19.3 Å². The molecule has 1 saturated heterocycles. The SMILES string of the molecule is C/C=C(/C)C(=O)O[C@@H]1c2c(C)coc2C[C@@]23O[C@@H]2CC[C@H](C)[C@@]13C. The average molecular weight is 330 g/mol. The molecule has 1 aromatic rings. The van der Waals surface area contributed by atoms with Crippen LogP contribution in [-0.2, 0) is 20.7 Å². The second-order valence-electron chi connectivity index (χ2n) is 7.95. The molecule has 1 aliphatic heterocycles. The van der Waals surface area contributed by atoms with Crippen LogP contribution in [-0.4, -0.2) is 17.7 Å². The highest BCUT2D eigenvalue weighted by atomic mass is 16.6. The third kappa shape index (κ3) is 1.81. The van der Waals surface area contributed by atoms with Crippen LogP contribution in [0.2, 0.25) is 0 Å². The van der Waals surface area contributed by atoms with Gasteiger partial charge < -0.3 is 13.9 Å². The largest absolute Gasteiger partial charge is 0.469 e. The minimum absolute atomic E-state index is 0.221. The summed E-state index contributed by atoms with van der Waals surface area (Å²) in [5.41, 5.74) is 2.30. The van der Waals surface area contributed by atoms with E-state index >= 15 is 0 Å². The zero-order chi connectivity index (χ0) is 17.3. The average Bonchev–Trinajstić information content (AvgIpc) is 3.17. The van der Waals surface area contributed by atoms with Crippen LogP contribution < -0.4 is 0 Å². The number of carbonyl (C=O) groups is 1. The molecule has 1 saturated carbocycles. The van der Waals surface area contributed by atoms with E-state index in [9.17, 15) is 4.79 Å². The fourth-order valence-corrected chi connectivity index (χ4v) is 4.96. The Morgan fingerprint density at radius 3 is 2.88 bits per heavy atom. The normalized spacial score (nSPS) is 40.4. The molecule has 2 fully saturated rings. The van der Waals surface area contributed by atoms with E-state index in [0.717, 1.165) is 36.1 Å². The highest BCUT2D eigenvalue weighted by Crippen LogP contribution is 2.69. The number of esters is 1. The lowest BCUT2D eigenvalue weighted by molar-refractivity contribution is -0.164. The second kappa shape index (κ2) is 4.98. The maximum absolute atomic E-state index is 12.6. The highest BCUT2D eigenvalue weighted by Gasteiger charge is 2.75. The molecule has 3 aliphatic rings. The molecule has 130 valence electrons. The molecular weight excluding hydrogens is 304 g/mol. The van der Waals surface area contributed by atoms with Crippen LogP contribution >= 0.6 is 0 Å². The van der Waals surface area contributed by atoms with Gasteiger partial charge in [-0.05, 0) is 45.1 Å². The van der Waals surface area contributed by atoms with Crippen molar-refractivity contribution in [1.82, 2.24) is 0 Å². The number of carbonyl (C=O) groups excluding carboxylic acids is 1. The van der Waals surface area contributed by atoms with Crippen molar-refractivity contribution in [3.8, 4) is 0 Å². The first-order valence-electron chi connectivity index (χ1n) is 8.93. The smallest absolute Gasteiger partial charge is 0.334 e. The second-order valence-corrected chi connectivity index (χ2v) is 7.95. The van der Waals surface area contributed by atoms with Gasteiger partial charge in [0.1, 0.15) is 17.5 Å². The van der Waals surface area contributed by atoms with Gasteiger partial charge in [-0.2, -0.15) is 0 Å². The van der Waals surface area contributed by atoms with Crippen molar-refractivity contribution in [3.63, 3.8) is 0 Å². The molecule has 2 aliphatic carbocycles. The molecule has 1 aromatic heterocycles. The summed E-state index contributed by atoms with van der Waals surface area (Å²) in [6.07, 6.45) is 6.51. The zero-order valence-electron chi connectivity index (χ0n) is 15.1. The van der Waals surface area contributed by atoms with Crippen LogP contribution in [0.5, 0.6) is 0 Å². The van der Waals surface area contributed by atoms with E-state index in [2.05, 4.69) is 13.8 Å². The summed E-state index contributed by atoms with van der Waals surface area (Å²) < 4.78 is 18.2. The number of aryl methyl sites for hydroxylation is 1.